The minimum Gasteiger partial charge on any atom is -0.389 e. The molecule has 0 bridgehead atoms. The van der Waals surface area contributed by atoms with Crippen molar-refractivity contribution in [2.45, 2.75) is 38.3 Å². The van der Waals surface area contributed by atoms with Gasteiger partial charge in [0.2, 0.25) is 5.91 Å². The molecule has 0 saturated carbocycles. The number of carbonyl (C=O) groups excluding carboxylic acids is 1. The van der Waals surface area contributed by atoms with Crippen LogP contribution in [0.15, 0.2) is 48.5 Å². The number of likely N-dealkylation sites (tertiary alicyclic amines) is 1. The zero-order valence-electron chi connectivity index (χ0n) is 17.1. The van der Waals surface area contributed by atoms with Crippen LogP contribution in [-0.2, 0) is 4.79 Å². The molecular weight excluding hydrogens is 391 g/mol. The van der Waals surface area contributed by atoms with E-state index in [1.54, 1.807) is 26.1 Å². The quantitative estimate of drug-likeness (QED) is 0.767. The average molecular weight is 419 g/mol. The van der Waals surface area contributed by atoms with Crippen LogP contribution in [0.2, 0.25) is 5.02 Å². The maximum absolute atomic E-state index is 13.2. The highest BCUT2D eigenvalue weighted by Gasteiger charge is 2.42. The summed E-state index contributed by atoms with van der Waals surface area (Å²) in [4.78, 5) is 16.7. The summed E-state index contributed by atoms with van der Waals surface area (Å²) in [6, 6.07) is 13.7. The molecule has 1 aliphatic rings. The van der Waals surface area contributed by atoms with Crippen LogP contribution in [0.1, 0.15) is 38.3 Å². The Morgan fingerprint density at radius 3 is 2.31 bits per heavy atom. The van der Waals surface area contributed by atoms with Crippen LogP contribution < -0.4 is 4.90 Å². The molecule has 1 fully saturated rings. The van der Waals surface area contributed by atoms with Crippen LogP contribution in [0.3, 0.4) is 0 Å². The Morgan fingerprint density at radius 2 is 1.72 bits per heavy atom. The molecule has 2 atom stereocenters. The van der Waals surface area contributed by atoms with Gasteiger partial charge >= 0.3 is 0 Å². The third-order valence-electron chi connectivity index (χ3n) is 6.29. The molecule has 0 spiro atoms. The Bertz CT molecular complexity index is 850. The smallest absolute Gasteiger partial charge is 0.232 e. The van der Waals surface area contributed by atoms with E-state index in [1.807, 2.05) is 24.3 Å². The summed E-state index contributed by atoms with van der Waals surface area (Å²) in [5.74, 6) is -1.08. The zero-order valence-corrected chi connectivity index (χ0v) is 17.9. The molecule has 1 amide bonds. The predicted octanol–water partition coefficient (Wildman–Crippen LogP) is 4.67. The van der Waals surface area contributed by atoms with Gasteiger partial charge in [0.25, 0.3) is 0 Å². The molecule has 6 heteroatoms. The third-order valence-corrected chi connectivity index (χ3v) is 6.63. The molecule has 1 saturated heterocycles. The van der Waals surface area contributed by atoms with Crippen molar-refractivity contribution in [2.75, 3.05) is 25.0 Å². The van der Waals surface area contributed by atoms with E-state index >= 15 is 0 Å². The molecule has 1 aliphatic heterocycles. The molecule has 0 aliphatic carbocycles. The topological polar surface area (TPSA) is 43.8 Å². The number of rotatable bonds is 5. The van der Waals surface area contributed by atoms with Crippen LogP contribution in [0, 0.1) is 11.7 Å². The van der Waals surface area contributed by atoms with Crippen LogP contribution in [0.4, 0.5) is 10.1 Å². The first-order chi connectivity index (χ1) is 13.7. The fraction of sp³-hybridized carbons (Fsp3) is 0.435. The maximum atomic E-state index is 13.2. The molecule has 0 radical (unpaired) electrons. The number of carbonyl (C=O) groups is 1. The molecule has 2 aromatic rings. The van der Waals surface area contributed by atoms with Gasteiger partial charge in [-0.3, -0.25) is 9.69 Å². The summed E-state index contributed by atoms with van der Waals surface area (Å²) in [5, 5.41) is 12.0. The summed E-state index contributed by atoms with van der Waals surface area (Å²) in [5.41, 5.74) is 0.610. The number of hydrogen-bond acceptors (Lipinski definition) is 3. The van der Waals surface area contributed by atoms with Crippen molar-refractivity contribution in [2.24, 2.45) is 5.92 Å². The Kier molecular flexibility index (Phi) is 6.62. The molecular formula is C23H28ClFN2O2. The molecule has 3 rings (SSSR count). The minimum atomic E-state index is -1.07. The molecule has 1 heterocycles. The normalized spacial score (nSPS) is 18.8. The lowest BCUT2D eigenvalue weighted by molar-refractivity contribution is -0.135. The predicted molar refractivity (Wildman–Crippen MR) is 115 cm³/mol. The molecule has 156 valence electrons. The van der Waals surface area contributed by atoms with Crippen LogP contribution in [-0.4, -0.2) is 41.7 Å². The van der Waals surface area contributed by atoms with Gasteiger partial charge < -0.3 is 10.0 Å². The van der Waals surface area contributed by atoms with Crippen molar-refractivity contribution in [1.82, 2.24) is 4.90 Å². The number of anilines is 1. The third kappa shape index (κ3) is 4.63. The maximum Gasteiger partial charge on any atom is 0.232 e. The van der Waals surface area contributed by atoms with Crippen molar-refractivity contribution in [3.63, 3.8) is 0 Å². The number of benzene rings is 2. The molecule has 2 aromatic carbocycles. The summed E-state index contributed by atoms with van der Waals surface area (Å²) in [7, 11) is 1.66. The number of nitrogens with zero attached hydrogens (tertiary/aromatic N) is 2. The second kappa shape index (κ2) is 8.82. The highest BCUT2D eigenvalue weighted by Crippen LogP contribution is 2.36. The van der Waals surface area contributed by atoms with E-state index in [0.717, 1.165) is 10.6 Å². The van der Waals surface area contributed by atoms with Gasteiger partial charge in [-0.05, 0) is 55.7 Å². The number of halogens is 2. The summed E-state index contributed by atoms with van der Waals surface area (Å²) >= 11 is 6.34. The van der Waals surface area contributed by atoms with E-state index in [0.29, 0.717) is 31.6 Å². The monoisotopic (exact) mass is 418 g/mol. The van der Waals surface area contributed by atoms with Crippen molar-refractivity contribution in [3.8, 4) is 0 Å². The van der Waals surface area contributed by atoms with Gasteiger partial charge in [-0.1, -0.05) is 36.7 Å². The molecule has 0 aromatic heterocycles. The van der Waals surface area contributed by atoms with Crippen molar-refractivity contribution >= 4 is 23.2 Å². The van der Waals surface area contributed by atoms with Gasteiger partial charge in [0.05, 0.1) is 11.5 Å². The molecule has 29 heavy (non-hydrogen) atoms. The fourth-order valence-electron chi connectivity index (χ4n) is 4.05. The number of amides is 1. The highest BCUT2D eigenvalue weighted by atomic mass is 35.5. The van der Waals surface area contributed by atoms with Crippen LogP contribution in [0.25, 0.3) is 0 Å². The van der Waals surface area contributed by atoms with Gasteiger partial charge in [0.15, 0.2) is 0 Å². The van der Waals surface area contributed by atoms with Gasteiger partial charge in [-0.25, -0.2) is 4.39 Å². The Hall–Kier alpha value is -1.95. The lowest BCUT2D eigenvalue weighted by atomic mass is 9.79. The van der Waals surface area contributed by atoms with E-state index in [-0.39, 0.29) is 17.8 Å². The first-order valence-corrected chi connectivity index (χ1v) is 10.3. The number of hydrogen-bond donors (Lipinski definition) is 1. The van der Waals surface area contributed by atoms with Gasteiger partial charge in [-0.2, -0.15) is 0 Å². The standard InChI is InChI=1S/C23H28ClFN2O2/c1-16(22(28)26(3)19-10-8-18(25)9-11-19)23(29)12-14-27(15-13-23)17(2)20-6-4-5-7-21(20)24/h4-11,16-17,29H,12-15H2,1-3H3. The van der Waals surface area contributed by atoms with Crippen molar-refractivity contribution in [1.29, 1.82) is 0 Å². The van der Waals surface area contributed by atoms with Gasteiger partial charge in [-0.15, -0.1) is 0 Å². The first kappa shape index (κ1) is 21.8. The molecule has 2 unspecified atom stereocenters. The lowest BCUT2D eigenvalue weighted by Gasteiger charge is -2.44. The summed E-state index contributed by atoms with van der Waals surface area (Å²) in [6.45, 7) is 5.25. The number of aliphatic hydroxyl groups is 1. The largest absolute Gasteiger partial charge is 0.389 e. The van der Waals surface area contributed by atoms with E-state index in [4.69, 9.17) is 11.6 Å². The van der Waals surface area contributed by atoms with Gasteiger partial charge in [0.1, 0.15) is 5.82 Å². The highest BCUT2D eigenvalue weighted by molar-refractivity contribution is 6.31. The Labute approximate surface area is 176 Å². The van der Waals surface area contributed by atoms with E-state index in [2.05, 4.69) is 11.8 Å². The fourth-order valence-corrected chi connectivity index (χ4v) is 4.35. The Morgan fingerprint density at radius 1 is 1.14 bits per heavy atom. The van der Waals surface area contributed by atoms with E-state index in [9.17, 15) is 14.3 Å². The second-order valence-electron chi connectivity index (χ2n) is 7.93. The molecule has 1 N–H and O–H groups in total. The summed E-state index contributed by atoms with van der Waals surface area (Å²) in [6.07, 6.45) is 1.01. The lowest BCUT2D eigenvalue weighted by Crippen LogP contribution is -2.53. The average Bonchev–Trinajstić information content (AvgIpc) is 2.73. The van der Waals surface area contributed by atoms with Crippen LogP contribution in [0.5, 0.6) is 0 Å². The van der Waals surface area contributed by atoms with E-state index in [1.165, 1.54) is 17.0 Å². The zero-order chi connectivity index (χ0) is 21.2. The first-order valence-electron chi connectivity index (χ1n) is 9.97. The van der Waals surface area contributed by atoms with Crippen molar-refractivity contribution < 1.29 is 14.3 Å². The second-order valence-corrected chi connectivity index (χ2v) is 8.34. The van der Waals surface area contributed by atoms with E-state index < -0.39 is 11.5 Å². The van der Waals surface area contributed by atoms with Crippen molar-refractivity contribution in [3.05, 3.63) is 64.9 Å². The van der Waals surface area contributed by atoms with Crippen LogP contribution >= 0.6 is 11.6 Å². The Balaban J connectivity index is 1.65. The minimum absolute atomic E-state index is 0.140. The number of piperidine rings is 1. The van der Waals surface area contributed by atoms with Gasteiger partial charge in [0, 0.05) is 36.9 Å². The molecule has 4 nitrogen and oxygen atoms in total. The summed E-state index contributed by atoms with van der Waals surface area (Å²) < 4.78 is 13.2. The SMILES string of the molecule is CC(c1ccccc1Cl)N1CCC(O)(C(C)C(=O)N(C)c2ccc(F)cc2)CC1.